The summed E-state index contributed by atoms with van der Waals surface area (Å²) in [7, 11) is 0. The normalized spacial score (nSPS) is 16.2. The molecule has 0 aliphatic carbocycles. The highest BCUT2D eigenvalue weighted by molar-refractivity contribution is 6.43. The van der Waals surface area contributed by atoms with E-state index in [-0.39, 0.29) is 0 Å². The van der Waals surface area contributed by atoms with Gasteiger partial charge in [0, 0.05) is 38.9 Å². The lowest BCUT2D eigenvalue weighted by atomic mass is 10.2. The molecule has 0 saturated carbocycles. The number of hydrogen-bond donors (Lipinski definition) is 0. The lowest BCUT2D eigenvalue weighted by Gasteiger charge is -2.36. The molecule has 0 spiro atoms. The van der Waals surface area contributed by atoms with Gasteiger partial charge in [-0.3, -0.25) is 9.88 Å². The van der Waals surface area contributed by atoms with Crippen LogP contribution < -0.4 is 4.90 Å². The van der Waals surface area contributed by atoms with Crippen LogP contribution in [-0.2, 0) is 6.54 Å². The summed E-state index contributed by atoms with van der Waals surface area (Å²) in [5, 5.41) is 1.27. The molecule has 0 unspecified atom stereocenters. The molecule has 0 amide bonds. The van der Waals surface area contributed by atoms with E-state index in [0.717, 1.165) is 44.1 Å². The molecule has 1 aromatic carbocycles. The van der Waals surface area contributed by atoms with Crippen LogP contribution in [0.25, 0.3) is 0 Å². The van der Waals surface area contributed by atoms with Crippen molar-refractivity contribution >= 4 is 28.9 Å². The van der Waals surface area contributed by atoms with Crippen molar-refractivity contribution in [2.45, 2.75) is 6.54 Å². The van der Waals surface area contributed by atoms with Gasteiger partial charge < -0.3 is 4.90 Å². The highest BCUT2D eigenvalue weighted by atomic mass is 35.5. The van der Waals surface area contributed by atoms with Crippen LogP contribution >= 0.6 is 23.2 Å². The molecule has 1 saturated heterocycles. The maximum absolute atomic E-state index is 6.30. The Balaban J connectivity index is 1.61. The summed E-state index contributed by atoms with van der Waals surface area (Å²) >= 11 is 12.4. The second kappa shape index (κ2) is 6.65. The molecule has 1 fully saturated rings. The summed E-state index contributed by atoms with van der Waals surface area (Å²) in [6.45, 7) is 4.80. The predicted molar refractivity (Wildman–Crippen MR) is 88.2 cm³/mol. The number of nitrogens with zero attached hydrogens (tertiary/aromatic N) is 3. The number of benzene rings is 1. The number of hydrogen-bond acceptors (Lipinski definition) is 3. The minimum atomic E-state index is 0.616. The standard InChI is InChI=1S/C16H17Cl2N3/c17-14-5-3-6-15(16(14)18)21-10-8-20(9-11-21)12-13-4-1-2-7-19-13/h1-7H,8-12H2. The summed E-state index contributed by atoms with van der Waals surface area (Å²) < 4.78 is 0. The SMILES string of the molecule is Clc1cccc(N2CCN(Cc3ccccn3)CC2)c1Cl. The molecule has 0 N–H and O–H groups in total. The Labute approximate surface area is 135 Å². The van der Waals surface area contributed by atoms with Crippen molar-refractivity contribution in [3.05, 3.63) is 58.3 Å². The zero-order valence-corrected chi connectivity index (χ0v) is 13.2. The van der Waals surface area contributed by atoms with Gasteiger partial charge in [0.05, 0.1) is 21.4 Å². The highest BCUT2D eigenvalue weighted by Gasteiger charge is 2.19. The average molecular weight is 322 g/mol. The molecule has 1 aliphatic heterocycles. The molecule has 0 radical (unpaired) electrons. The Morgan fingerprint density at radius 1 is 0.952 bits per heavy atom. The van der Waals surface area contributed by atoms with Crippen molar-refractivity contribution in [3.63, 3.8) is 0 Å². The number of halogens is 2. The number of piperazine rings is 1. The van der Waals surface area contributed by atoms with E-state index in [1.165, 1.54) is 0 Å². The smallest absolute Gasteiger partial charge is 0.0825 e. The zero-order chi connectivity index (χ0) is 14.7. The van der Waals surface area contributed by atoms with Crippen LogP contribution in [-0.4, -0.2) is 36.1 Å². The summed E-state index contributed by atoms with van der Waals surface area (Å²) in [5.41, 5.74) is 2.15. The molecule has 110 valence electrons. The first-order valence-corrected chi connectivity index (χ1v) is 7.81. The Morgan fingerprint density at radius 2 is 1.76 bits per heavy atom. The molecule has 3 rings (SSSR count). The number of pyridine rings is 1. The molecule has 1 aromatic heterocycles. The second-order valence-corrected chi connectivity index (χ2v) is 5.94. The fourth-order valence-electron chi connectivity index (χ4n) is 2.60. The highest BCUT2D eigenvalue weighted by Crippen LogP contribution is 2.32. The van der Waals surface area contributed by atoms with Gasteiger partial charge in [-0.25, -0.2) is 0 Å². The molecular weight excluding hydrogens is 305 g/mol. The second-order valence-electron chi connectivity index (χ2n) is 5.16. The summed E-state index contributed by atoms with van der Waals surface area (Å²) in [4.78, 5) is 9.09. The van der Waals surface area contributed by atoms with Crippen molar-refractivity contribution in [2.75, 3.05) is 31.1 Å². The van der Waals surface area contributed by atoms with E-state index in [4.69, 9.17) is 23.2 Å². The van der Waals surface area contributed by atoms with E-state index in [9.17, 15) is 0 Å². The van der Waals surface area contributed by atoms with Gasteiger partial charge in [0.1, 0.15) is 0 Å². The van der Waals surface area contributed by atoms with Gasteiger partial charge in [0.2, 0.25) is 0 Å². The summed E-state index contributed by atoms with van der Waals surface area (Å²) in [6.07, 6.45) is 1.84. The maximum atomic E-state index is 6.30. The third-order valence-corrected chi connectivity index (χ3v) is 4.56. The largest absolute Gasteiger partial charge is 0.368 e. The molecule has 2 heterocycles. The molecular formula is C16H17Cl2N3. The number of rotatable bonds is 3. The van der Waals surface area contributed by atoms with Gasteiger partial charge in [-0.15, -0.1) is 0 Å². The Bertz CT molecular complexity index is 596. The molecule has 1 aliphatic rings. The van der Waals surface area contributed by atoms with Gasteiger partial charge in [-0.1, -0.05) is 35.3 Å². The van der Waals surface area contributed by atoms with Gasteiger partial charge in [0.25, 0.3) is 0 Å². The van der Waals surface area contributed by atoms with Crippen LogP contribution in [0, 0.1) is 0 Å². The Hall–Kier alpha value is -1.29. The van der Waals surface area contributed by atoms with E-state index < -0.39 is 0 Å². The first-order valence-electron chi connectivity index (χ1n) is 7.05. The van der Waals surface area contributed by atoms with Gasteiger partial charge in [0.15, 0.2) is 0 Å². The van der Waals surface area contributed by atoms with Crippen LogP contribution in [0.3, 0.4) is 0 Å². The van der Waals surface area contributed by atoms with Crippen molar-refractivity contribution in [1.82, 2.24) is 9.88 Å². The Morgan fingerprint density at radius 3 is 2.48 bits per heavy atom. The van der Waals surface area contributed by atoms with Crippen LogP contribution in [0.5, 0.6) is 0 Å². The van der Waals surface area contributed by atoms with Crippen LogP contribution in [0.1, 0.15) is 5.69 Å². The summed E-state index contributed by atoms with van der Waals surface area (Å²) in [5.74, 6) is 0. The lowest BCUT2D eigenvalue weighted by molar-refractivity contribution is 0.247. The van der Waals surface area contributed by atoms with E-state index in [0.29, 0.717) is 10.0 Å². The van der Waals surface area contributed by atoms with E-state index in [1.807, 2.05) is 36.5 Å². The average Bonchev–Trinajstić information content (AvgIpc) is 2.52. The van der Waals surface area contributed by atoms with Crippen LogP contribution in [0.2, 0.25) is 10.0 Å². The quantitative estimate of drug-likeness (QED) is 0.859. The van der Waals surface area contributed by atoms with Crippen molar-refractivity contribution < 1.29 is 0 Å². The monoisotopic (exact) mass is 321 g/mol. The minimum Gasteiger partial charge on any atom is -0.368 e. The predicted octanol–water partition coefficient (Wildman–Crippen LogP) is 3.71. The van der Waals surface area contributed by atoms with E-state index >= 15 is 0 Å². The third kappa shape index (κ3) is 3.49. The van der Waals surface area contributed by atoms with Gasteiger partial charge >= 0.3 is 0 Å². The van der Waals surface area contributed by atoms with Gasteiger partial charge in [-0.2, -0.15) is 0 Å². The van der Waals surface area contributed by atoms with Crippen LogP contribution in [0.15, 0.2) is 42.6 Å². The van der Waals surface area contributed by atoms with Crippen LogP contribution in [0.4, 0.5) is 5.69 Å². The molecule has 0 atom stereocenters. The molecule has 5 heteroatoms. The number of anilines is 1. The first-order chi connectivity index (χ1) is 10.2. The molecule has 0 bridgehead atoms. The zero-order valence-electron chi connectivity index (χ0n) is 11.7. The molecule has 2 aromatic rings. The summed E-state index contributed by atoms with van der Waals surface area (Å²) in [6, 6.07) is 11.9. The van der Waals surface area contributed by atoms with Gasteiger partial charge in [-0.05, 0) is 24.3 Å². The first kappa shape index (κ1) is 14.6. The fraction of sp³-hybridized carbons (Fsp3) is 0.312. The third-order valence-electron chi connectivity index (χ3n) is 3.76. The lowest BCUT2D eigenvalue weighted by Crippen LogP contribution is -2.46. The Kier molecular flexibility index (Phi) is 4.63. The minimum absolute atomic E-state index is 0.616. The fourth-order valence-corrected chi connectivity index (χ4v) is 3.02. The molecule has 3 nitrogen and oxygen atoms in total. The number of aromatic nitrogens is 1. The maximum Gasteiger partial charge on any atom is 0.0825 e. The van der Waals surface area contributed by atoms with Crippen molar-refractivity contribution in [2.24, 2.45) is 0 Å². The van der Waals surface area contributed by atoms with Crippen molar-refractivity contribution in [1.29, 1.82) is 0 Å². The topological polar surface area (TPSA) is 19.4 Å². The van der Waals surface area contributed by atoms with E-state index in [1.54, 1.807) is 0 Å². The van der Waals surface area contributed by atoms with E-state index in [2.05, 4.69) is 20.9 Å². The van der Waals surface area contributed by atoms with Crippen molar-refractivity contribution in [3.8, 4) is 0 Å². The molecule has 21 heavy (non-hydrogen) atoms.